The van der Waals surface area contributed by atoms with Crippen molar-refractivity contribution in [3.05, 3.63) is 71.9 Å². The van der Waals surface area contributed by atoms with Crippen LogP contribution in [-0.2, 0) is 4.79 Å². The molecule has 0 aliphatic carbocycles. The maximum atomic E-state index is 13.6. The minimum Gasteiger partial charge on any atom is -0.353 e. The molecular weight excluding hydrogens is 453 g/mol. The summed E-state index contributed by atoms with van der Waals surface area (Å²) in [4.78, 5) is 19.4. The molecule has 0 spiro atoms. The van der Waals surface area contributed by atoms with E-state index in [1.807, 2.05) is 29.2 Å². The molecule has 1 saturated heterocycles. The molecule has 0 bridgehead atoms. The summed E-state index contributed by atoms with van der Waals surface area (Å²) < 4.78 is 15.2. The van der Waals surface area contributed by atoms with Crippen molar-refractivity contribution in [1.82, 2.24) is 19.9 Å². The monoisotopic (exact) mass is 469 g/mol. The lowest BCUT2D eigenvalue weighted by Crippen LogP contribution is -2.48. The van der Waals surface area contributed by atoms with Gasteiger partial charge in [0, 0.05) is 46.4 Å². The largest absolute Gasteiger partial charge is 0.353 e. The Morgan fingerprint density at radius 3 is 2.62 bits per heavy atom. The van der Waals surface area contributed by atoms with Crippen molar-refractivity contribution in [3.8, 4) is 23.3 Å². The molecule has 1 aromatic carbocycles. The van der Waals surface area contributed by atoms with Gasteiger partial charge in [0.2, 0.25) is 5.91 Å². The Bertz CT molecular complexity index is 1500. The third-order valence-corrected chi connectivity index (χ3v) is 6.53. The van der Waals surface area contributed by atoms with E-state index in [0.717, 1.165) is 11.1 Å². The van der Waals surface area contributed by atoms with Crippen molar-refractivity contribution >= 4 is 29.0 Å². The molecular formula is C24H16FN7OS. The SMILES string of the molecule is N#Cc1cc(F)ccc1Sc1cc(-c2ccc(N3CCNC(=O)C3)nc2)cn2ncc(C#N)c12. The first-order valence-electron chi connectivity index (χ1n) is 10.3. The van der Waals surface area contributed by atoms with Crippen molar-refractivity contribution in [1.29, 1.82) is 10.5 Å². The second-order valence-electron chi connectivity index (χ2n) is 7.59. The molecule has 1 fully saturated rings. The molecule has 0 atom stereocenters. The Morgan fingerprint density at radius 1 is 1.03 bits per heavy atom. The van der Waals surface area contributed by atoms with Crippen LogP contribution in [0.15, 0.2) is 64.8 Å². The Hall–Kier alpha value is -4.41. The minimum atomic E-state index is -0.487. The fourth-order valence-corrected chi connectivity index (χ4v) is 4.85. The summed E-state index contributed by atoms with van der Waals surface area (Å²) in [5, 5.41) is 26.1. The van der Waals surface area contributed by atoms with Gasteiger partial charge in [0.25, 0.3) is 0 Å². The van der Waals surface area contributed by atoms with Crippen LogP contribution in [0, 0.1) is 28.5 Å². The van der Waals surface area contributed by atoms with E-state index in [0.29, 0.717) is 39.8 Å². The smallest absolute Gasteiger partial charge is 0.239 e. The number of carbonyl (C=O) groups is 1. The quantitative estimate of drug-likeness (QED) is 0.488. The van der Waals surface area contributed by atoms with Crippen LogP contribution in [0.2, 0.25) is 0 Å². The fraction of sp³-hybridized carbons (Fsp3) is 0.125. The molecule has 4 aromatic rings. The number of aromatic nitrogens is 3. The highest BCUT2D eigenvalue weighted by atomic mass is 32.2. The standard InChI is InChI=1S/C24H16FN7OS/c25-19-2-3-20(16(7-19)9-26)34-21-8-17(13-32-24(21)18(10-27)12-30-32)15-1-4-22(29-11-15)31-6-5-28-23(33)14-31/h1-4,7-8,11-13H,5-6,14H2,(H,28,33). The molecule has 0 saturated carbocycles. The Kier molecular flexibility index (Phi) is 5.58. The van der Waals surface area contributed by atoms with Gasteiger partial charge >= 0.3 is 0 Å². The highest BCUT2D eigenvalue weighted by Crippen LogP contribution is 2.37. The zero-order valence-corrected chi connectivity index (χ0v) is 18.5. The average molecular weight is 470 g/mol. The molecule has 1 amide bonds. The maximum Gasteiger partial charge on any atom is 0.239 e. The molecule has 3 aromatic heterocycles. The maximum absolute atomic E-state index is 13.6. The van der Waals surface area contributed by atoms with Crippen molar-refractivity contribution in [2.75, 3.05) is 24.5 Å². The minimum absolute atomic E-state index is 0.0336. The molecule has 4 heterocycles. The van der Waals surface area contributed by atoms with E-state index in [2.05, 4.69) is 21.5 Å². The second kappa shape index (κ2) is 8.85. The molecule has 1 N–H and O–H groups in total. The van der Waals surface area contributed by atoms with Gasteiger partial charge in [0.1, 0.15) is 23.8 Å². The number of pyridine rings is 2. The first-order chi connectivity index (χ1) is 16.6. The summed E-state index contributed by atoms with van der Waals surface area (Å²) in [6.07, 6.45) is 5.02. The summed E-state index contributed by atoms with van der Waals surface area (Å²) in [6.45, 7) is 1.53. The van der Waals surface area contributed by atoms with Crippen LogP contribution in [0.5, 0.6) is 0 Å². The number of anilines is 1. The topological polar surface area (TPSA) is 110 Å². The van der Waals surface area contributed by atoms with E-state index in [1.54, 1.807) is 23.0 Å². The first kappa shape index (κ1) is 21.4. The van der Waals surface area contributed by atoms with Crippen molar-refractivity contribution in [2.45, 2.75) is 9.79 Å². The summed E-state index contributed by atoms with van der Waals surface area (Å²) >= 11 is 1.27. The molecule has 34 heavy (non-hydrogen) atoms. The number of piperazine rings is 1. The van der Waals surface area contributed by atoms with E-state index in [-0.39, 0.29) is 18.0 Å². The predicted molar refractivity (Wildman–Crippen MR) is 124 cm³/mol. The normalized spacial score (nSPS) is 13.4. The van der Waals surface area contributed by atoms with Gasteiger partial charge in [-0.1, -0.05) is 11.8 Å². The lowest BCUT2D eigenvalue weighted by Gasteiger charge is -2.27. The first-order valence-corrected chi connectivity index (χ1v) is 11.1. The van der Waals surface area contributed by atoms with E-state index >= 15 is 0 Å². The molecule has 8 nitrogen and oxygen atoms in total. The Labute approximate surface area is 198 Å². The summed E-state index contributed by atoms with van der Waals surface area (Å²) in [5.74, 6) is 0.193. The predicted octanol–water partition coefficient (Wildman–Crippen LogP) is 3.37. The van der Waals surface area contributed by atoms with Crippen LogP contribution in [0.25, 0.3) is 16.6 Å². The van der Waals surface area contributed by atoms with E-state index in [9.17, 15) is 19.7 Å². The number of halogens is 1. The lowest BCUT2D eigenvalue weighted by atomic mass is 10.1. The van der Waals surface area contributed by atoms with Gasteiger partial charge in [-0.15, -0.1) is 0 Å². The third kappa shape index (κ3) is 4.03. The van der Waals surface area contributed by atoms with Gasteiger partial charge in [0.15, 0.2) is 0 Å². The molecule has 1 aliphatic heterocycles. The molecule has 166 valence electrons. The number of rotatable bonds is 4. The van der Waals surface area contributed by atoms with Crippen molar-refractivity contribution in [3.63, 3.8) is 0 Å². The van der Waals surface area contributed by atoms with Gasteiger partial charge in [-0.3, -0.25) is 4.79 Å². The average Bonchev–Trinajstić information content (AvgIpc) is 3.28. The fourth-order valence-electron chi connectivity index (χ4n) is 3.78. The number of amides is 1. The third-order valence-electron chi connectivity index (χ3n) is 5.42. The number of fused-ring (bicyclic) bond motifs is 1. The Balaban J connectivity index is 1.55. The van der Waals surface area contributed by atoms with Crippen molar-refractivity contribution < 1.29 is 9.18 Å². The van der Waals surface area contributed by atoms with E-state index in [1.165, 1.54) is 30.1 Å². The summed E-state index contributed by atoms with van der Waals surface area (Å²) in [6, 6.07) is 13.9. The summed E-state index contributed by atoms with van der Waals surface area (Å²) in [7, 11) is 0. The van der Waals surface area contributed by atoms with Gasteiger partial charge < -0.3 is 10.2 Å². The molecule has 5 rings (SSSR count). The second-order valence-corrected chi connectivity index (χ2v) is 8.67. The van der Waals surface area contributed by atoms with Gasteiger partial charge in [-0.05, 0) is 36.4 Å². The number of hydrogen-bond acceptors (Lipinski definition) is 7. The van der Waals surface area contributed by atoms with Crippen LogP contribution in [0.1, 0.15) is 11.1 Å². The van der Waals surface area contributed by atoms with Crippen LogP contribution < -0.4 is 10.2 Å². The number of hydrogen-bond donors (Lipinski definition) is 1. The molecule has 0 radical (unpaired) electrons. The van der Waals surface area contributed by atoms with Crippen LogP contribution in [0.3, 0.4) is 0 Å². The lowest BCUT2D eigenvalue weighted by molar-refractivity contribution is -0.120. The van der Waals surface area contributed by atoms with Crippen LogP contribution >= 0.6 is 11.8 Å². The van der Waals surface area contributed by atoms with E-state index in [4.69, 9.17) is 0 Å². The molecule has 1 aliphatic rings. The zero-order valence-electron chi connectivity index (χ0n) is 17.7. The number of nitrogens with zero attached hydrogens (tertiary/aromatic N) is 6. The van der Waals surface area contributed by atoms with Crippen LogP contribution in [0.4, 0.5) is 10.2 Å². The van der Waals surface area contributed by atoms with Crippen molar-refractivity contribution in [2.24, 2.45) is 0 Å². The van der Waals surface area contributed by atoms with Gasteiger partial charge in [0.05, 0.1) is 29.4 Å². The number of nitriles is 2. The van der Waals surface area contributed by atoms with Crippen LogP contribution in [-0.4, -0.2) is 40.1 Å². The summed E-state index contributed by atoms with van der Waals surface area (Å²) in [5.41, 5.74) is 2.84. The highest BCUT2D eigenvalue weighted by molar-refractivity contribution is 7.99. The zero-order chi connectivity index (χ0) is 23.7. The molecule has 0 unspecified atom stereocenters. The Morgan fingerprint density at radius 2 is 1.88 bits per heavy atom. The number of benzene rings is 1. The highest BCUT2D eigenvalue weighted by Gasteiger charge is 2.18. The number of nitrogens with one attached hydrogen (secondary N) is 1. The van der Waals surface area contributed by atoms with Gasteiger partial charge in [-0.2, -0.15) is 15.6 Å². The van der Waals surface area contributed by atoms with Gasteiger partial charge in [-0.25, -0.2) is 13.9 Å². The number of carbonyl (C=O) groups excluding carboxylic acids is 1. The van der Waals surface area contributed by atoms with E-state index < -0.39 is 5.82 Å². The molecule has 10 heteroatoms.